The smallest absolute Gasteiger partial charge is 0.142 e. The van der Waals surface area contributed by atoms with Gasteiger partial charge in [0.15, 0.2) is 0 Å². The van der Waals surface area contributed by atoms with Crippen LogP contribution in [0.25, 0.3) is 0 Å². The van der Waals surface area contributed by atoms with Crippen LogP contribution < -0.4 is 10.5 Å². The fourth-order valence-electron chi connectivity index (χ4n) is 1.94. The van der Waals surface area contributed by atoms with E-state index in [2.05, 4.69) is 4.98 Å². The molecule has 0 saturated heterocycles. The minimum absolute atomic E-state index is 0.284. The van der Waals surface area contributed by atoms with Crippen molar-refractivity contribution in [3.8, 4) is 5.75 Å². The van der Waals surface area contributed by atoms with Crippen LogP contribution in [0.2, 0.25) is 0 Å². The van der Waals surface area contributed by atoms with E-state index < -0.39 is 6.04 Å². The maximum Gasteiger partial charge on any atom is 0.142 e. The summed E-state index contributed by atoms with van der Waals surface area (Å²) in [5, 5.41) is 0. The molecule has 1 aromatic carbocycles. The molecule has 0 saturated carbocycles. The number of nitrogens with zero attached hydrogens (tertiary/aromatic N) is 1. The molecule has 2 aromatic rings. The zero-order valence-corrected chi connectivity index (χ0v) is 10.4. The highest BCUT2D eigenvalue weighted by atomic mass is 19.1. The molecule has 1 atom stereocenters. The summed E-state index contributed by atoms with van der Waals surface area (Å²) in [6.45, 7) is 1.84. The van der Waals surface area contributed by atoms with Crippen LogP contribution in [0.15, 0.2) is 36.7 Å². The Balaban J connectivity index is 2.44. The Bertz CT molecular complexity index is 537. The predicted octanol–water partition coefficient (Wildman–Crippen LogP) is 2.59. The Morgan fingerprint density at radius 3 is 2.78 bits per heavy atom. The van der Waals surface area contributed by atoms with Gasteiger partial charge in [-0.15, -0.1) is 0 Å². The average molecular weight is 246 g/mol. The number of ether oxygens (including phenoxy) is 1. The maximum atomic E-state index is 13.4. The lowest BCUT2D eigenvalue weighted by Crippen LogP contribution is -2.13. The standard InChI is InChI=1S/C14H15FN2O/c1-9-5-10(7-11(15)6-9)14(16)12-3-4-17-8-13(12)18-2/h3-8,14H,16H2,1-2H3. The normalized spacial score (nSPS) is 12.2. The highest BCUT2D eigenvalue weighted by molar-refractivity contribution is 5.40. The number of nitrogens with two attached hydrogens (primary N) is 1. The highest BCUT2D eigenvalue weighted by Gasteiger charge is 2.14. The first-order valence-electron chi connectivity index (χ1n) is 5.62. The fourth-order valence-corrected chi connectivity index (χ4v) is 1.94. The molecule has 0 amide bonds. The molecule has 2 N–H and O–H groups in total. The molecule has 1 heterocycles. The minimum atomic E-state index is -0.433. The van der Waals surface area contributed by atoms with Crippen LogP contribution >= 0.6 is 0 Å². The third kappa shape index (κ3) is 2.49. The molecule has 18 heavy (non-hydrogen) atoms. The molecule has 1 unspecified atom stereocenters. The van der Waals surface area contributed by atoms with Crippen molar-refractivity contribution in [3.63, 3.8) is 0 Å². The molecule has 0 radical (unpaired) electrons. The zero-order chi connectivity index (χ0) is 13.1. The third-order valence-corrected chi connectivity index (χ3v) is 2.80. The van der Waals surface area contributed by atoms with Crippen LogP contribution in [-0.2, 0) is 0 Å². The zero-order valence-electron chi connectivity index (χ0n) is 10.4. The largest absolute Gasteiger partial charge is 0.495 e. The SMILES string of the molecule is COc1cnccc1C(N)c1cc(C)cc(F)c1. The van der Waals surface area contributed by atoms with Gasteiger partial charge in [0.2, 0.25) is 0 Å². The van der Waals surface area contributed by atoms with Gasteiger partial charge in [0.05, 0.1) is 19.3 Å². The van der Waals surface area contributed by atoms with Gasteiger partial charge in [0, 0.05) is 11.8 Å². The summed E-state index contributed by atoms with van der Waals surface area (Å²) in [5.41, 5.74) is 8.51. The van der Waals surface area contributed by atoms with E-state index in [0.29, 0.717) is 5.75 Å². The molecule has 2 rings (SSSR count). The van der Waals surface area contributed by atoms with Gasteiger partial charge in [-0.05, 0) is 36.2 Å². The van der Waals surface area contributed by atoms with Gasteiger partial charge in [-0.25, -0.2) is 4.39 Å². The van der Waals surface area contributed by atoms with Gasteiger partial charge in [-0.1, -0.05) is 6.07 Å². The van der Waals surface area contributed by atoms with Crippen LogP contribution in [-0.4, -0.2) is 12.1 Å². The molecular formula is C14H15FN2O. The number of halogens is 1. The average Bonchev–Trinajstić information content (AvgIpc) is 2.36. The summed E-state index contributed by atoms with van der Waals surface area (Å²) < 4.78 is 18.6. The van der Waals surface area contributed by atoms with Gasteiger partial charge in [-0.3, -0.25) is 4.98 Å². The van der Waals surface area contributed by atoms with Gasteiger partial charge >= 0.3 is 0 Å². The lowest BCUT2D eigenvalue weighted by Gasteiger charge is -2.16. The second-order valence-electron chi connectivity index (χ2n) is 4.16. The van der Waals surface area contributed by atoms with E-state index in [1.165, 1.54) is 12.1 Å². The number of methoxy groups -OCH3 is 1. The Morgan fingerprint density at radius 2 is 2.11 bits per heavy atom. The quantitative estimate of drug-likeness (QED) is 0.905. The van der Waals surface area contributed by atoms with E-state index >= 15 is 0 Å². The van der Waals surface area contributed by atoms with E-state index in [-0.39, 0.29) is 5.82 Å². The van der Waals surface area contributed by atoms with Crippen LogP contribution in [0.3, 0.4) is 0 Å². The molecular weight excluding hydrogens is 231 g/mol. The van der Waals surface area contributed by atoms with E-state index in [1.807, 2.05) is 13.0 Å². The van der Waals surface area contributed by atoms with E-state index in [0.717, 1.165) is 16.7 Å². The Morgan fingerprint density at radius 1 is 1.33 bits per heavy atom. The van der Waals surface area contributed by atoms with Gasteiger partial charge in [0.25, 0.3) is 0 Å². The summed E-state index contributed by atoms with van der Waals surface area (Å²) in [7, 11) is 1.56. The van der Waals surface area contributed by atoms with E-state index in [1.54, 1.807) is 25.6 Å². The van der Waals surface area contributed by atoms with Crippen LogP contribution in [0.5, 0.6) is 5.75 Å². The van der Waals surface area contributed by atoms with Crippen molar-refractivity contribution in [2.24, 2.45) is 5.73 Å². The highest BCUT2D eigenvalue weighted by Crippen LogP contribution is 2.28. The van der Waals surface area contributed by atoms with Crippen molar-refractivity contribution in [1.82, 2.24) is 4.98 Å². The van der Waals surface area contributed by atoms with Gasteiger partial charge in [0.1, 0.15) is 11.6 Å². The Hall–Kier alpha value is -1.94. The summed E-state index contributed by atoms with van der Waals surface area (Å²) in [4.78, 5) is 3.97. The van der Waals surface area contributed by atoms with Crippen molar-refractivity contribution < 1.29 is 9.13 Å². The molecule has 1 aromatic heterocycles. The van der Waals surface area contributed by atoms with Crippen molar-refractivity contribution >= 4 is 0 Å². The molecule has 3 nitrogen and oxygen atoms in total. The molecule has 0 aliphatic heterocycles. The Labute approximate surface area is 105 Å². The molecule has 0 aliphatic rings. The Kier molecular flexibility index (Phi) is 3.58. The van der Waals surface area contributed by atoms with Crippen molar-refractivity contribution in [2.75, 3.05) is 7.11 Å². The predicted molar refractivity (Wildman–Crippen MR) is 68.0 cm³/mol. The number of pyridine rings is 1. The molecule has 0 fully saturated rings. The second-order valence-corrected chi connectivity index (χ2v) is 4.16. The van der Waals surface area contributed by atoms with Gasteiger partial charge in [-0.2, -0.15) is 0 Å². The first kappa shape index (κ1) is 12.5. The third-order valence-electron chi connectivity index (χ3n) is 2.80. The first-order valence-corrected chi connectivity index (χ1v) is 5.62. The summed E-state index contributed by atoms with van der Waals surface area (Å²) >= 11 is 0. The fraction of sp³-hybridized carbons (Fsp3) is 0.214. The monoisotopic (exact) mass is 246 g/mol. The minimum Gasteiger partial charge on any atom is -0.495 e. The second kappa shape index (κ2) is 5.14. The van der Waals surface area contributed by atoms with Crippen LogP contribution in [0.4, 0.5) is 4.39 Å². The van der Waals surface area contributed by atoms with Crippen molar-refractivity contribution in [3.05, 3.63) is 59.2 Å². The lowest BCUT2D eigenvalue weighted by atomic mass is 9.98. The number of aromatic nitrogens is 1. The molecule has 0 aliphatic carbocycles. The number of hydrogen-bond acceptors (Lipinski definition) is 3. The van der Waals surface area contributed by atoms with Crippen molar-refractivity contribution in [1.29, 1.82) is 0 Å². The summed E-state index contributed by atoms with van der Waals surface area (Å²) in [6, 6.07) is 6.13. The molecule has 0 spiro atoms. The van der Waals surface area contributed by atoms with E-state index in [9.17, 15) is 4.39 Å². The van der Waals surface area contributed by atoms with Gasteiger partial charge < -0.3 is 10.5 Å². The number of hydrogen-bond donors (Lipinski definition) is 1. The van der Waals surface area contributed by atoms with Crippen molar-refractivity contribution in [2.45, 2.75) is 13.0 Å². The molecule has 4 heteroatoms. The molecule has 94 valence electrons. The molecule has 0 bridgehead atoms. The number of rotatable bonds is 3. The van der Waals surface area contributed by atoms with E-state index in [4.69, 9.17) is 10.5 Å². The summed E-state index contributed by atoms with van der Waals surface area (Å²) in [6.07, 6.45) is 3.24. The lowest BCUT2D eigenvalue weighted by molar-refractivity contribution is 0.406. The number of aryl methyl sites for hydroxylation is 1. The first-order chi connectivity index (χ1) is 8.61. The summed E-state index contributed by atoms with van der Waals surface area (Å²) in [5.74, 6) is 0.320. The number of benzene rings is 1. The van der Waals surface area contributed by atoms with Crippen LogP contribution in [0.1, 0.15) is 22.7 Å². The topological polar surface area (TPSA) is 48.1 Å². The maximum absolute atomic E-state index is 13.4. The van der Waals surface area contributed by atoms with Crippen LogP contribution in [0, 0.1) is 12.7 Å².